The number of hydrogen-bond acceptors (Lipinski definition) is 5. The molecule has 1 atom stereocenters. The van der Waals surface area contributed by atoms with Gasteiger partial charge in [0.25, 0.3) is 5.91 Å². The van der Waals surface area contributed by atoms with Crippen LogP contribution < -0.4 is 16.0 Å². The highest BCUT2D eigenvalue weighted by Gasteiger charge is 2.23. The number of amides is 2. The Morgan fingerprint density at radius 2 is 2.04 bits per heavy atom. The molecule has 0 spiro atoms. The summed E-state index contributed by atoms with van der Waals surface area (Å²) in [7, 11) is 0. The van der Waals surface area contributed by atoms with Crippen LogP contribution >= 0.6 is 0 Å². The molecule has 1 fully saturated rings. The number of hydrogen-bond donors (Lipinski definition) is 3. The van der Waals surface area contributed by atoms with Crippen molar-refractivity contribution in [3.05, 3.63) is 41.2 Å². The van der Waals surface area contributed by atoms with Gasteiger partial charge in [0.15, 0.2) is 5.69 Å². The van der Waals surface area contributed by atoms with Crippen LogP contribution in [0, 0.1) is 6.92 Å². The van der Waals surface area contributed by atoms with Crippen LogP contribution in [0.25, 0.3) is 0 Å². The topological polar surface area (TPSA) is 101 Å². The molecule has 0 saturated carbocycles. The monoisotopic (exact) mass is 370 g/mol. The lowest BCUT2D eigenvalue weighted by molar-refractivity contribution is -0.114. The van der Waals surface area contributed by atoms with Gasteiger partial charge in [-0.15, -0.1) is 5.10 Å². The molecule has 8 heteroatoms. The van der Waals surface area contributed by atoms with Gasteiger partial charge in [0, 0.05) is 12.6 Å². The smallest absolute Gasteiger partial charge is 0.274 e. The lowest BCUT2D eigenvalue weighted by Gasteiger charge is -2.23. The minimum absolute atomic E-state index is 0.131. The number of rotatable bonds is 5. The molecular weight excluding hydrogens is 344 g/mol. The van der Waals surface area contributed by atoms with Crippen LogP contribution in [0.3, 0.4) is 0 Å². The zero-order chi connectivity index (χ0) is 19.4. The first-order chi connectivity index (χ1) is 13.0. The van der Waals surface area contributed by atoms with Crippen LogP contribution in [0.15, 0.2) is 24.3 Å². The molecule has 2 heterocycles. The molecule has 1 aromatic carbocycles. The number of carbonyl (C=O) groups is 2. The molecule has 1 saturated heterocycles. The molecule has 1 aromatic heterocycles. The van der Waals surface area contributed by atoms with Crippen molar-refractivity contribution < 1.29 is 9.59 Å². The van der Waals surface area contributed by atoms with E-state index in [1.165, 1.54) is 6.92 Å². The predicted molar refractivity (Wildman–Crippen MR) is 103 cm³/mol. The zero-order valence-electron chi connectivity index (χ0n) is 16.0. The molecule has 0 bridgehead atoms. The first kappa shape index (κ1) is 19.0. The Kier molecular flexibility index (Phi) is 5.85. The van der Waals surface area contributed by atoms with Gasteiger partial charge in [-0.05, 0) is 57.5 Å². The third kappa shape index (κ3) is 4.51. The Morgan fingerprint density at radius 3 is 2.74 bits per heavy atom. The van der Waals surface area contributed by atoms with E-state index < -0.39 is 0 Å². The van der Waals surface area contributed by atoms with Gasteiger partial charge >= 0.3 is 0 Å². The quantitative estimate of drug-likeness (QED) is 0.747. The summed E-state index contributed by atoms with van der Waals surface area (Å²) in [4.78, 5) is 23.9. The first-order valence-corrected chi connectivity index (χ1v) is 9.26. The Morgan fingerprint density at radius 1 is 1.30 bits per heavy atom. The number of carbonyl (C=O) groups excluding carboxylic acids is 2. The van der Waals surface area contributed by atoms with Gasteiger partial charge in [0.05, 0.1) is 17.8 Å². The van der Waals surface area contributed by atoms with Crippen molar-refractivity contribution in [2.45, 2.75) is 45.7 Å². The second-order valence-corrected chi connectivity index (χ2v) is 6.95. The Bertz CT molecular complexity index is 825. The number of piperidine rings is 1. The standard InChI is InChI=1S/C19H26N6O2/c1-12(15-5-4-6-16(11-15)22-14(3)26)21-19(27)18-13(2)25(24-23-18)17-7-9-20-10-8-17/h4-6,11-12,17,20H,7-10H2,1-3H3,(H,21,27)(H,22,26). The van der Waals surface area contributed by atoms with Crippen LogP contribution in [-0.4, -0.2) is 39.9 Å². The Balaban J connectivity index is 1.70. The molecule has 8 nitrogen and oxygen atoms in total. The molecule has 27 heavy (non-hydrogen) atoms. The summed E-state index contributed by atoms with van der Waals surface area (Å²) >= 11 is 0. The van der Waals surface area contributed by atoms with Crippen LogP contribution in [-0.2, 0) is 4.79 Å². The van der Waals surface area contributed by atoms with E-state index in [4.69, 9.17) is 0 Å². The number of aromatic nitrogens is 3. The molecule has 2 aromatic rings. The normalized spacial score (nSPS) is 16.0. The van der Waals surface area contributed by atoms with Crippen molar-refractivity contribution in [3.63, 3.8) is 0 Å². The van der Waals surface area contributed by atoms with Crippen molar-refractivity contribution in [1.29, 1.82) is 0 Å². The van der Waals surface area contributed by atoms with E-state index in [2.05, 4.69) is 26.3 Å². The highest BCUT2D eigenvalue weighted by atomic mass is 16.2. The third-order valence-corrected chi connectivity index (χ3v) is 4.85. The molecule has 0 radical (unpaired) electrons. The molecule has 1 aliphatic rings. The van der Waals surface area contributed by atoms with E-state index in [1.54, 1.807) is 0 Å². The van der Waals surface area contributed by atoms with Gasteiger partial charge in [-0.2, -0.15) is 0 Å². The second-order valence-electron chi connectivity index (χ2n) is 6.95. The van der Waals surface area contributed by atoms with E-state index in [9.17, 15) is 9.59 Å². The Hall–Kier alpha value is -2.74. The fourth-order valence-corrected chi connectivity index (χ4v) is 3.39. The van der Waals surface area contributed by atoms with Gasteiger partial charge in [-0.25, -0.2) is 4.68 Å². The molecule has 3 rings (SSSR count). The minimum Gasteiger partial charge on any atom is -0.344 e. The molecule has 2 amide bonds. The van der Waals surface area contributed by atoms with Crippen LogP contribution in [0.5, 0.6) is 0 Å². The predicted octanol–water partition coefficient (Wildman–Crippen LogP) is 1.96. The van der Waals surface area contributed by atoms with E-state index in [0.717, 1.165) is 37.2 Å². The maximum Gasteiger partial charge on any atom is 0.274 e. The summed E-state index contributed by atoms with van der Waals surface area (Å²) in [5.74, 6) is -0.376. The van der Waals surface area contributed by atoms with Crippen molar-refractivity contribution in [2.24, 2.45) is 0 Å². The average molecular weight is 370 g/mol. The van der Waals surface area contributed by atoms with Crippen molar-refractivity contribution in [3.8, 4) is 0 Å². The summed E-state index contributed by atoms with van der Waals surface area (Å²) in [6, 6.07) is 7.48. The van der Waals surface area contributed by atoms with Gasteiger partial charge in [0.2, 0.25) is 5.91 Å². The van der Waals surface area contributed by atoms with Crippen molar-refractivity contribution >= 4 is 17.5 Å². The molecule has 0 aliphatic carbocycles. The van der Waals surface area contributed by atoms with E-state index in [-0.39, 0.29) is 23.9 Å². The van der Waals surface area contributed by atoms with E-state index in [0.29, 0.717) is 11.4 Å². The maximum absolute atomic E-state index is 12.7. The lowest BCUT2D eigenvalue weighted by Crippen LogP contribution is -2.31. The van der Waals surface area contributed by atoms with E-state index >= 15 is 0 Å². The Labute approximate surface area is 158 Å². The van der Waals surface area contributed by atoms with Gasteiger partial charge < -0.3 is 16.0 Å². The van der Waals surface area contributed by atoms with Crippen molar-refractivity contribution in [2.75, 3.05) is 18.4 Å². The highest BCUT2D eigenvalue weighted by Crippen LogP contribution is 2.21. The summed E-state index contributed by atoms with van der Waals surface area (Å²) in [6.07, 6.45) is 1.97. The van der Waals surface area contributed by atoms with Gasteiger partial charge in [0.1, 0.15) is 0 Å². The molecule has 1 aliphatic heterocycles. The SMILES string of the molecule is CC(=O)Nc1cccc(C(C)NC(=O)c2nnn(C3CCNCC3)c2C)c1. The molecule has 144 valence electrons. The number of nitrogens with zero attached hydrogens (tertiary/aromatic N) is 3. The van der Waals surface area contributed by atoms with Gasteiger partial charge in [-0.3, -0.25) is 9.59 Å². The van der Waals surface area contributed by atoms with Crippen LogP contribution in [0.4, 0.5) is 5.69 Å². The van der Waals surface area contributed by atoms with Crippen molar-refractivity contribution in [1.82, 2.24) is 25.6 Å². The molecule has 3 N–H and O–H groups in total. The fourth-order valence-electron chi connectivity index (χ4n) is 3.39. The van der Waals surface area contributed by atoms with Gasteiger partial charge in [-0.1, -0.05) is 17.3 Å². The summed E-state index contributed by atoms with van der Waals surface area (Å²) in [5, 5.41) is 17.4. The number of nitrogens with one attached hydrogen (secondary N) is 3. The number of benzene rings is 1. The highest BCUT2D eigenvalue weighted by molar-refractivity contribution is 5.93. The second kappa shape index (κ2) is 8.30. The minimum atomic E-state index is -0.245. The maximum atomic E-state index is 12.7. The van der Waals surface area contributed by atoms with E-state index in [1.807, 2.05) is 42.8 Å². The fraction of sp³-hybridized carbons (Fsp3) is 0.474. The molecular formula is C19H26N6O2. The number of anilines is 1. The average Bonchev–Trinajstić information content (AvgIpc) is 3.03. The zero-order valence-corrected chi connectivity index (χ0v) is 16.0. The third-order valence-electron chi connectivity index (χ3n) is 4.85. The first-order valence-electron chi connectivity index (χ1n) is 9.26. The lowest BCUT2D eigenvalue weighted by atomic mass is 10.1. The summed E-state index contributed by atoms with van der Waals surface area (Å²) in [6.45, 7) is 7.16. The van der Waals surface area contributed by atoms with Crippen LogP contribution in [0.1, 0.15) is 60.5 Å². The van der Waals surface area contributed by atoms with Crippen LogP contribution in [0.2, 0.25) is 0 Å². The largest absolute Gasteiger partial charge is 0.344 e. The summed E-state index contributed by atoms with van der Waals surface area (Å²) < 4.78 is 1.87. The molecule has 1 unspecified atom stereocenters. The summed E-state index contributed by atoms with van der Waals surface area (Å²) in [5.41, 5.74) is 2.75.